The summed E-state index contributed by atoms with van der Waals surface area (Å²) in [6, 6.07) is 9.93. The summed E-state index contributed by atoms with van der Waals surface area (Å²) in [7, 11) is 0. The van der Waals surface area contributed by atoms with Crippen LogP contribution in [-0.4, -0.2) is 4.37 Å². The SMILES string of the molecule is Cc1cc(-c2ccc(N)cc2)sn1. The van der Waals surface area contributed by atoms with Gasteiger partial charge in [-0.05, 0) is 42.2 Å². The Labute approximate surface area is 81.2 Å². The van der Waals surface area contributed by atoms with Gasteiger partial charge in [-0.15, -0.1) is 0 Å². The number of aryl methyl sites for hydroxylation is 1. The van der Waals surface area contributed by atoms with Gasteiger partial charge in [-0.1, -0.05) is 12.1 Å². The van der Waals surface area contributed by atoms with E-state index in [9.17, 15) is 0 Å². The van der Waals surface area contributed by atoms with E-state index in [-0.39, 0.29) is 0 Å². The lowest BCUT2D eigenvalue weighted by molar-refractivity contribution is 1.35. The van der Waals surface area contributed by atoms with Crippen LogP contribution in [0.4, 0.5) is 5.69 Å². The average molecular weight is 190 g/mol. The minimum Gasteiger partial charge on any atom is -0.399 e. The molecule has 0 unspecified atom stereocenters. The van der Waals surface area contributed by atoms with Crippen molar-refractivity contribution in [2.24, 2.45) is 0 Å². The van der Waals surface area contributed by atoms with Gasteiger partial charge < -0.3 is 5.73 Å². The predicted molar refractivity (Wildman–Crippen MR) is 56.7 cm³/mol. The van der Waals surface area contributed by atoms with Crippen LogP contribution in [0, 0.1) is 6.92 Å². The zero-order valence-corrected chi connectivity index (χ0v) is 8.14. The van der Waals surface area contributed by atoms with Crippen molar-refractivity contribution in [1.82, 2.24) is 4.37 Å². The number of benzene rings is 1. The minimum absolute atomic E-state index is 0.796. The van der Waals surface area contributed by atoms with Gasteiger partial charge in [-0.2, -0.15) is 4.37 Å². The molecule has 0 bridgehead atoms. The minimum atomic E-state index is 0.796. The summed E-state index contributed by atoms with van der Waals surface area (Å²) in [4.78, 5) is 1.19. The van der Waals surface area contributed by atoms with Gasteiger partial charge in [0.05, 0.1) is 10.6 Å². The number of nitrogens with zero attached hydrogens (tertiary/aromatic N) is 1. The summed E-state index contributed by atoms with van der Waals surface area (Å²) in [6.07, 6.45) is 0. The van der Waals surface area contributed by atoms with E-state index in [0.717, 1.165) is 11.4 Å². The van der Waals surface area contributed by atoms with Crippen molar-refractivity contribution in [3.05, 3.63) is 36.0 Å². The predicted octanol–water partition coefficient (Wildman–Crippen LogP) is 2.70. The van der Waals surface area contributed by atoms with Crippen LogP contribution in [0.15, 0.2) is 30.3 Å². The van der Waals surface area contributed by atoms with Gasteiger partial charge in [0.2, 0.25) is 0 Å². The third kappa shape index (κ3) is 1.70. The van der Waals surface area contributed by atoms with Crippen LogP contribution in [0.3, 0.4) is 0 Å². The lowest BCUT2D eigenvalue weighted by atomic mass is 10.2. The zero-order chi connectivity index (χ0) is 9.26. The summed E-state index contributed by atoms with van der Waals surface area (Å²) in [5, 5.41) is 0. The third-order valence-electron chi connectivity index (χ3n) is 1.82. The standard InChI is InChI=1S/C10H10N2S/c1-7-6-10(13-12-7)8-2-4-9(11)5-3-8/h2-6H,11H2,1H3. The number of nitrogens with two attached hydrogens (primary N) is 1. The molecular weight excluding hydrogens is 180 g/mol. The molecule has 2 rings (SSSR count). The van der Waals surface area contributed by atoms with Crippen molar-refractivity contribution in [1.29, 1.82) is 0 Å². The molecule has 13 heavy (non-hydrogen) atoms. The van der Waals surface area contributed by atoms with Gasteiger partial charge in [0.1, 0.15) is 0 Å². The Morgan fingerprint density at radius 2 is 1.92 bits per heavy atom. The summed E-state index contributed by atoms with van der Waals surface area (Å²) >= 11 is 1.52. The van der Waals surface area contributed by atoms with Gasteiger partial charge in [0, 0.05) is 5.69 Å². The van der Waals surface area contributed by atoms with Crippen molar-refractivity contribution in [3.63, 3.8) is 0 Å². The molecule has 1 heterocycles. The van der Waals surface area contributed by atoms with E-state index in [4.69, 9.17) is 5.73 Å². The van der Waals surface area contributed by atoms with Crippen molar-refractivity contribution in [2.45, 2.75) is 6.92 Å². The topological polar surface area (TPSA) is 38.9 Å². The highest BCUT2D eigenvalue weighted by molar-refractivity contribution is 7.09. The summed E-state index contributed by atoms with van der Waals surface area (Å²) in [5.74, 6) is 0. The summed E-state index contributed by atoms with van der Waals surface area (Å²) in [6.45, 7) is 2.00. The molecule has 1 aromatic heterocycles. The number of aromatic nitrogens is 1. The van der Waals surface area contributed by atoms with Crippen LogP contribution in [0.2, 0.25) is 0 Å². The molecule has 1 aromatic carbocycles. The van der Waals surface area contributed by atoms with E-state index >= 15 is 0 Å². The fourth-order valence-electron chi connectivity index (χ4n) is 1.15. The van der Waals surface area contributed by atoms with Crippen molar-refractivity contribution >= 4 is 17.2 Å². The number of hydrogen-bond acceptors (Lipinski definition) is 3. The van der Waals surface area contributed by atoms with E-state index in [1.807, 2.05) is 31.2 Å². The first-order valence-electron chi connectivity index (χ1n) is 4.05. The summed E-state index contributed by atoms with van der Waals surface area (Å²) < 4.78 is 4.23. The number of hydrogen-bond donors (Lipinski definition) is 1. The first kappa shape index (κ1) is 8.26. The van der Waals surface area contributed by atoms with Crippen LogP contribution in [0.25, 0.3) is 10.4 Å². The second-order valence-electron chi connectivity index (χ2n) is 2.95. The lowest BCUT2D eigenvalue weighted by Crippen LogP contribution is -1.82. The molecule has 0 spiro atoms. The smallest absolute Gasteiger partial charge is 0.0552 e. The van der Waals surface area contributed by atoms with E-state index in [1.165, 1.54) is 22.0 Å². The van der Waals surface area contributed by atoms with Crippen LogP contribution < -0.4 is 5.73 Å². The summed E-state index contributed by atoms with van der Waals surface area (Å²) in [5.41, 5.74) is 8.64. The Hall–Kier alpha value is -1.35. The zero-order valence-electron chi connectivity index (χ0n) is 7.32. The highest BCUT2D eigenvalue weighted by Gasteiger charge is 2.00. The lowest BCUT2D eigenvalue weighted by Gasteiger charge is -1.96. The molecule has 0 aliphatic rings. The van der Waals surface area contributed by atoms with Crippen molar-refractivity contribution in [2.75, 3.05) is 5.73 Å². The van der Waals surface area contributed by atoms with Gasteiger partial charge in [0.15, 0.2) is 0 Å². The first-order valence-corrected chi connectivity index (χ1v) is 4.82. The molecule has 0 radical (unpaired) electrons. The van der Waals surface area contributed by atoms with Gasteiger partial charge in [-0.25, -0.2) is 0 Å². The second kappa shape index (κ2) is 3.18. The molecular formula is C10H10N2S. The molecule has 0 saturated heterocycles. The second-order valence-corrected chi connectivity index (χ2v) is 3.76. The molecule has 0 aliphatic carbocycles. The first-order chi connectivity index (χ1) is 6.25. The highest BCUT2D eigenvalue weighted by atomic mass is 32.1. The fourth-order valence-corrected chi connectivity index (χ4v) is 1.91. The van der Waals surface area contributed by atoms with Crippen LogP contribution >= 0.6 is 11.5 Å². The molecule has 2 N–H and O–H groups in total. The molecule has 0 aliphatic heterocycles. The molecule has 3 heteroatoms. The Morgan fingerprint density at radius 1 is 1.23 bits per heavy atom. The Balaban J connectivity index is 2.41. The Kier molecular flexibility index (Phi) is 2.02. The van der Waals surface area contributed by atoms with Gasteiger partial charge in [0.25, 0.3) is 0 Å². The average Bonchev–Trinajstić information content (AvgIpc) is 2.53. The van der Waals surface area contributed by atoms with Crippen molar-refractivity contribution < 1.29 is 0 Å². The van der Waals surface area contributed by atoms with E-state index < -0.39 is 0 Å². The quantitative estimate of drug-likeness (QED) is 0.702. The Morgan fingerprint density at radius 3 is 2.46 bits per heavy atom. The number of nitrogen functional groups attached to an aromatic ring is 1. The maximum Gasteiger partial charge on any atom is 0.0552 e. The van der Waals surface area contributed by atoms with Crippen molar-refractivity contribution in [3.8, 4) is 10.4 Å². The van der Waals surface area contributed by atoms with E-state index in [0.29, 0.717) is 0 Å². The highest BCUT2D eigenvalue weighted by Crippen LogP contribution is 2.24. The monoisotopic (exact) mass is 190 g/mol. The van der Waals surface area contributed by atoms with Gasteiger partial charge in [-0.3, -0.25) is 0 Å². The molecule has 0 saturated carbocycles. The van der Waals surface area contributed by atoms with Crippen LogP contribution in [0.1, 0.15) is 5.69 Å². The number of rotatable bonds is 1. The van der Waals surface area contributed by atoms with E-state index in [1.54, 1.807) is 0 Å². The molecule has 0 amide bonds. The normalized spacial score (nSPS) is 10.2. The van der Waals surface area contributed by atoms with E-state index in [2.05, 4.69) is 10.4 Å². The molecule has 0 atom stereocenters. The van der Waals surface area contributed by atoms with Crippen LogP contribution in [0.5, 0.6) is 0 Å². The van der Waals surface area contributed by atoms with Crippen LogP contribution in [-0.2, 0) is 0 Å². The molecule has 66 valence electrons. The molecule has 2 nitrogen and oxygen atoms in total. The maximum atomic E-state index is 5.60. The number of anilines is 1. The third-order valence-corrected chi connectivity index (χ3v) is 2.75. The van der Waals surface area contributed by atoms with Gasteiger partial charge >= 0.3 is 0 Å². The largest absolute Gasteiger partial charge is 0.399 e. The fraction of sp³-hybridized carbons (Fsp3) is 0.100. The maximum absolute atomic E-state index is 5.60. The Bertz CT molecular complexity index is 403. The molecule has 0 fully saturated rings. The molecule has 2 aromatic rings.